The molecule has 0 radical (unpaired) electrons. The highest BCUT2D eigenvalue weighted by Crippen LogP contribution is 2.28. The fourth-order valence-corrected chi connectivity index (χ4v) is 2.82. The van der Waals surface area contributed by atoms with Crippen molar-refractivity contribution in [2.24, 2.45) is 5.92 Å². The Bertz CT molecular complexity index is 185. The van der Waals surface area contributed by atoms with Gasteiger partial charge in [0.2, 0.25) is 0 Å². The Kier molecular flexibility index (Phi) is 3.10. The molecule has 1 saturated heterocycles. The summed E-state index contributed by atoms with van der Waals surface area (Å²) in [4.78, 5) is 2.45. The Hall–Kier alpha value is -0.120. The molecule has 0 aromatic carbocycles. The Morgan fingerprint density at radius 1 is 1.14 bits per heavy atom. The van der Waals surface area contributed by atoms with Crippen LogP contribution in [0.1, 0.15) is 32.6 Å². The van der Waals surface area contributed by atoms with E-state index in [1.807, 2.05) is 0 Å². The van der Waals surface area contributed by atoms with E-state index in [0.29, 0.717) is 6.04 Å². The molecule has 1 heterocycles. The first-order valence-electron chi connectivity index (χ1n) is 5.77. The summed E-state index contributed by atoms with van der Waals surface area (Å²) in [6.45, 7) is 4.58. The van der Waals surface area contributed by atoms with Crippen LogP contribution in [-0.4, -0.2) is 46.5 Å². The highest BCUT2D eigenvalue weighted by Gasteiger charge is 2.35. The number of aliphatic hydroxyl groups excluding tert-OH is 2. The van der Waals surface area contributed by atoms with E-state index in [0.717, 1.165) is 31.8 Å². The van der Waals surface area contributed by atoms with Crippen molar-refractivity contribution in [1.29, 1.82) is 0 Å². The third-order valence-electron chi connectivity index (χ3n) is 3.68. The van der Waals surface area contributed by atoms with Crippen molar-refractivity contribution in [3.05, 3.63) is 0 Å². The second-order valence-corrected chi connectivity index (χ2v) is 5.00. The van der Waals surface area contributed by atoms with Gasteiger partial charge in [-0.25, -0.2) is 0 Å². The normalized spacial score (nSPS) is 45.6. The summed E-state index contributed by atoms with van der Waals surface area (Å²) in [5.41, 5.74) is 0. The molecule has 0 amide bonds. The summed E-state index contributed by atoms with van der Waals surface area (Å²) >= 11 is 0. The Morgan fingerprint density at radius 2 is 1.79 bits per heavy atom. The molecule has 0 bridgehead atoms. The first-order chi connectivity index (χ1) is 6.66. The van der Waals surface area contributed by atoms with E-state index in [-0.39, 0.29) is 0 Å². The molecule has 2 aliphatic rings. The smallest absolute Gasteiger partial charge is 0.0814 e. The van der Waals surface area contributed by atoms with E-state index >= 15 is 0 Å². The van der Waals surface area contributed by atoms with Crippen molar-refractivity contribution in [2.45, 2.75) is 50.9 Å². The maximum Gasteiger partial charge on any atom is 0.0814 e. The molecule has 3 unspecified atom stereocenters. The minimum atomic E-state index is -0.489. The molecular formula is C11H21NO2. The lowest BCUT2D eigenvalue weighted by molar-refractivity contribution is 0.0438. The number of piperidine rings is 1. The molecule has 2 rings (SSSR count). The Labute approximate surface area is 85.7 Å². The van der Waals surface area contributed by atoms with Gasteiger partial charge in [-0.1, -0.05) is 6.92 Å². The van der Waals surface area contributed by atoms with Crippen LogP contribution in [0.15, 0.2) is 0 Å². The zero-order valence-electron chi connectivity index (χ0n) is 8.89. The zero-order chi connectivity index (χ0) is 10.1. The molecule has 2 fully saturated rings. The summed E-state index contributed by atoms with van der Waals surface area (Å²) in [6.07, 6.45) is 3.13. The summed E-state index contributed by atoms with van der Waals surface area (Å²) < 4.78 is 0. The summed E-state index contributed by atoms with van der Waals surface area (Å²) in [5.74, 6) is 0.777. The number of aliphatic hydroxyl groups is 2. The molecule has 1 saturated carbocycles. The maximum absolute atomic E-state index is 9.49. The SMILES string of the molecule is CC1CCCN(C2CC(O)C(O)C2)C1. The topological polar surface area (TPSA) is 43.7 Å². The first-order valence-corrected chi connectivity index (χ1v) is 5.77. The highest BCUT2D eigenvalue weighted by atomic mass is 16.3. The van der Waals surface area contributed by atoms with Crippen molar-refractivity contribution >= 4 is 0 Å². The van der Waals surface area contributed by atoms with E-state index in [1.54, 1.807) is 0 Å². The van der Waals surface area contributed by atoms with Crippen molar-refractivity contribution in [3.8, 4) is 0 Å². The van der Waals surface area contributed by atoms with Gasteiger partial charge in [-0.2, -0.15) is 0 Å². The highest BCUT2D eigenvalue weighted by molar-refractivity contribution is 4.90. The van der Waals surface area contributed by atoms with E-state index in [1.165, 1.54) is 12.8 Å². The number of nitrogens with zero attached hydrogens (tertiary/aromatic N) is 1. The quantitative estimate of drug-likeness (QED) is 0.650. The van der Waals surface area contributed by atoms with Gasteiger partial charge in [-0.15, -0.1) is 0 Å². The third kappa shape index (κ3) is 2.10. The first kappa shape index (κ1) is 10.4. The minimum absolute atomic E-state index is 0.419. The second-order valence-electron chi connectivity index (χ2n) is 5.00. The molecular weight excluding hydrogens is 178 g/mol. The molecule has 0 spiro atoms. The Morgan fingerprint density at radius 3 is 2.36 bits per heavy atom. The molecule has 2 N–H and O–H groups in total. The van der Waals surface area contributed by atoms with Gasteiger partial charge in [0.05, 0.1) is 12.2 Å². The van der Waals surface area contributed by atoms with Gasteiger partial charge >= 0.3 is 0 Å². The average molecular weight is 199 g/mol. The molecule has 14 heavy (non-hydrogen) atoms. The van der Waals surface area contributed by atoms with Crippen molar-refractivity contribution in [2.75, 3.05) is 13.1 Å². The van der Waals surface area contributed by atoms with Crippen LogP contribution in [0.2, 0.25) is 0 Å². The van der Waals surface area contributed by atoms with Crippen molar-refractivity contribution < 1.29 is 10.2 Å². The van der Waals surface area contributed by atoms with Gasteiger partial charge < -0.3 is 10.2 Å². The lowest BCUT2D eigenvalue weighted by Gasteiger charge is -2.35. The summed E-state index contributed by atoms with van der Waals surface area (Å²) in [6, 6.07) is 0.419. The molecule has 1 aliphatic carbocycles. The number of likely N-dealkylation sites (tertiary alicyclic amines) is 1. The van der Waals surface area contributed by atoms with Crippen LogP contribution in [0.4, 0.5) is 0 Å². The monoisotopic (exact) mass is 199 g/mol. The van der Waals surface area contributed by atoms with E-state index in [2.05, 4.69) is 11.8 Å². The van der Waals surface area contributed by atoms with Crippen LogP contribution >= 0.6 is 0 Å². The lowest BCUT2D eigenvalue weighted by atomic mass is 9.98. The summed E-state index contributed by atoms with van der Waals surface area (Å²) in [5, 5.41) is 19.0. The average Bonchev–Trinajstić information content (AvgIpc) is 2.47. The Balaban J connectivity index is 1.89. The number of rotatable bonds is 1. The van der Waals surface area contributed by atoms with E-state index in [4.69, 9.17) is 0 Å². The van der Waals surface area contributed by atoms with Gasteiger partial charge in [0.1, 0.15) is 0 Å². The fourth-order valence-electron chi connectivity index (χ4n) is 2.82. The van der Waals surface area contributed by atoms with Crippen LogP contribution in [0.25, 0.3) is 0 Å². The van der Waals surface area contributed by atoms with Gasteiger partial charge in [-0.05, 0) is 38.1 Å². The molecule has 82 valence electrons. The molecule has 3 nitrogen and oxygen atoms in total. The van der Waals surface area contributed by atoms with Gasteiger partial charge in [0, 0.05) is 12.6 Å². The van der Waals surface area contributed by atoms with E-state index < -0.39 is 12.2 Å². The van der Waals surface area contributed by atoms with Gasteiger partial charge in [0.25, 0.3) is 0 Å². The number of hydrogen-bond donors (Lipinski definition) is 2. The molecule has 3 atom stereocenters. The van der Waals surface area contributed by atoms with Gasteiger partial charge in [-0.3, -0.25) is 4.90 Å². The van der Waals surface area contributed by atoms with Crippen molar-refractivity contribution in [3.63, 3.8) is 0 Å². The predicted molar refractivity (Wildman–Crippen MR) is 55.0 cm³/mol. The fraction of sp³-hybridized carbons (Fsp3) is 1.00. The van der Waals surface area contributed by atoms with Crippen molar-refractivity contribution in [1.82, 2.24) is 4.90 Å². The molecule has 0 aromatic rings. The number of hydrogen-bond acceptors (Lipinski definition) is 3. The van der Waals surface area contributed by atoms with Crippen LogP contribution < -0.4 is 0 Å². The molecule has 3 heteroatoms. The molecule has 0 aromatic heterocycles. The second kappa shape index (κ2) is 4.17. The maximum atomic E-state index is 9.49. The molecule has 1 aliphatic heterocycles. The van der Waals surface area contributed by atoms with Gasteiger partial charge in [0.15, 0.2) is 0 Å². The third-order valence-corrected chi connectivity index (χ3v) is 3.68. The largest absolute Gasteiger partial charge is 0.390 e. The predicted octanol–water partition coefficient (Wildman–Crippen LogP) is 0.603. The lowest BCUT2D eigenvalue weighted by Crippen LogP contribution is -2.41. The van der Waals surface area contributed by atoms with E-state index in [9.17, 15) is 10.2 Å². The van der Waals surface area contributed by atoms with Crippen LogP contribution in [0.5, 0.6) is 0 Å². The van der Waals surface area contributed by atoms with Crippen LogP contribution in [0, 0.1) is 5.92 Å². The minimum Gasteiger partial charge on any atom is -0.390 e. The van der Waals surface area contributed by atoms with Crippen LogP contribution in [0.3, 0.4) is 0 Å². The zero-order valence-corrected chi connectivity index (χ0v) is 8.89. The van der Waals surface area contributed by atoms with Crippen LogP contribution in [-0.2, 0) is 0 Å². The summed E-state index contributed by atoms with van der Waals surface area (Å²) in [7, 11) is 0. The standard InChI is InChI=1S/C11H21NO2/c1-8-3-2-4-12(7-8)9-5-10(13)11(14)6-9/h8-11,13-14H,2-7H2,1H3.